The molecular weight excluding hydrogens is 272 g/mol. The lowest BCUT2D eigenvalue weighted by atomic mass is 10.3. The van der Waals surface area contributed by atoms with Crippen molar-refractivity contribution in [2.24, 2.45) is 7.05 Å². The smallest absolute Gasteiger partial charge is 0.223 e. The number of nitrogens with zero attached hydrogens (tertiary/aromatic N) is 4. The molecule has 3 aromatic heterocycles. The number of hydrogen-bond donors (Lipinski definition) is 0. The average molecular weight is 286 g/mol. The molecule has 20 heavy (non-hydrogen) atoms. The van der Waals surface area contributed by atoms with Gasteiger partial charge in [-0.05, 0) is 17.9 Å². The number of rotatable bonds is 2. The Labute approximate surface area is 119 Å². The summed E-state index contributed by atoms with van der Waals surface area (Å²) in [6, 6.07) is 2.02. The summed E-state index contributed by atoms with van der Waals surface area (Å²) in [6.07, 6.45) is 3.44. The number of amides is 1. The van der Waals surface area contributed by atoms with Gasteiger partial charge in [0.15, 0.2) is 0 Å². The van der Waals surface area contributed by atoms with Gasteiger partial charge in [0.25, 0.3) is 0 Å². The second-order valence-corrected chi connectivity index (χ2v) is 6.05. The average Bonchev–Trinajstić information content (AvgIpc) is 3.11. The van der Waals surface area contributed by atoms with Crippen LogP contribution in [-0.4, -0.2) is 31.9 Å². The van der Waals surface area contributed by atoms with Crippen molar-refractivity contribution in [3.8, 4) is 0 Å². The lowest BCUT2D eigenvalue weighted by Crippen LogP contribution is -2.25. The molecule has 6 heteroatoms. The first kappa shape index (κ1) is 11.8. The van der Waals surface area contributed by atoms with Gasteiger partial charge in [-0.3, -0.25) is 9.78 Å². The summed E-state index contributed by atoms with van der Waals surface area (Å²) in [7, 11) is 2.02. The molecular formula is C14H14N4OS. The van der Waals surface area contributed by atoms with E-state index in [9.17, 15) is 4.79 Å². The van der Waals surface area contributed by atoms with Crippen molar-refractivity contribution >= 4 is 38.5 Å². The van der Waals surface area contributed by atoms with Crippen LogP contribution in [0.2, 0.25) is 0 Å². The second-order valence-electron chi connectivity index (χ2n) is 5.13. The van der Waals surface area contributed by atoms with Crippen LogP contribution in [-0.2, 0) is 18.4 Å². The molecule has 1 aliphatic rings. The van der Waals surface area contributed by atoms with E-state index in [1.807, 2.05) is 29.6 Å². The molecule has 102 valence electrons. The molecule has 0 bridgehead atoms. The number of hydrogen-bond acceptors (Lipinski definition) is 4. The van der Waals surface area contributed by atoms with Crippen LogP contribution in [0.4, 0.5) is 0 Å². The minimum Gasteiger partial charge on any atom is -0.335 e. The van der Waals surface area contributed by atoms with Gasteiger partial charge in [-0.15, -0.1) is 11.3 Å². The fraction of sp³-hybridized carbons (Fsp3) is 0.357. The summed E-state index contributed by atoms with van der Waals surface area (Å²) in [5.41, 5.74) is 3.03. The van der Waals surface area contributed by atoms with Crippen molar-refractivity contribution in [3.05, 3.63) is 23.5 Å². The van der Waals surface area contributed by atoms with Crippen LogP contribution in [0, 0.1) is 0 Å². The van der Waals surface area contributed by atoms with Crippen LogP contribution in [0.25, 0.3) is 21.3 Å². The fourth-order valence-corrected chi connectivity index (χ4v) is 3.75. The summed E-state index contributed by atoms with van der Waals surface area (Å²) in [5, 5.41) is 2.05. The number of pyridine rings is 1. The van der Waals surface area contributed by atoms with Gasteiger partial charge >= 0.3 is 0 Å². The van der Waals surface area contributed by atoms with E-state index in [0.29, 0.717) is 13.0 Å². The molecule has 0 saturated carbocycles. The molecule has 0 unspecified atom stereocenters. The molecule has 0 N–H and O–H groups in total. The Kier molecular flexibility index (Phi) is 2.53. The zero-order valence-corrected chi connectivity index (χ0v) is 12.0. The molecule has 0 aromatic carbocycles. The third-order valence-electron chi connectivity index (χ3n) is 3.90. The Hall–Kier alpha value is -1.95. The topological polar surface area (TPSA) is 51.0 Å². The van der Waals surface area contributed by atoms with Gasteiger partial charge < -0.3 is 9.47 Å². The second kappa shape index (κ2) is 4.28. The lowest BCUT2D eigenvalue weighted by Gasteiger charge is -2.14. The SMILES string of the molecule is Cn1c(CN2CCCC2=O)nc2cnc3ccsc3c21. The summed E-state index contributed by atoms with van der Waals surface area (Å²) in [5.74, 6) is 1.16. The molecule has 1 saturated heterocycles. The first-order chi connectivity index (χ1) is 9.74. The number of carbonyl (C=O) groups excluding carboxylic acids is 1. The number of aryl methyl sites for hydroxylation is 1. The minimum absolute atomic E-state index is 0.233. The van der Waals surface area contributed by atoms with Gasteiger partial charge in [0.05, 0.1) is 28.5 Å². The van der Waals surface area contributed by atoms with E-state index in [4.69, 9.17) is 0 Å². The molecule has 0 radical (unpaired) electrons. The fourth-order valence-electron chi connectivity index (χ4n) is 2.82. The number of fused-ring (bicyclic) bond motifs is 3. The number of likely N-dealkylation sites (tertiary alicyclic amines) is 1. The third-order valence-corrected chi connectivity index (χ3v) is 4.81. The van der Waals surface area contributed by atoms with Crippen LogP contribution in [0.1, 0.15) is 18.7 Å². The highest BCUT2D eigenvalue weighted by molar-refractivity contribution is 7.18. The van der Waals surface area contributed by atoms with E-state index < -0.39 is 0 Å². The van der Waals surface area contributed by atoms with Crippen LogP contribution in [0.5, 0.6) is 0 Å². The highest BCUT2D eigenvalue weighted by Gasteiger charge is 2.22. The van der Waals surface area contributed by atoms with E-state index in [0.717, 1.165) is 40.0 Å². The van der Waals surface area contributed by atoms with Gasteiger partial charge in [-0.25, -0.2) is 4.98 Å². The minimum atomic E-state index is 0.233. The molecule has 1 aliphatic heterocycles. The largest absolute Gasteiger partial charge is 0.335 e. The maximum Gasteiger partial charge on any atom is 0.223 e. The molecule has 5 nitrogen and oxygen atoms in total. The highest BCUT2D eigenvalue weighted by Crippen LogP contribution is 2.28. The van der Waals surface area contributed by atoms with Crippen molar-refractivity contribution in [2.45, 2.75) is 19.4 Å². The summed E-state index contributed by atoms with van der Waals surface area (Å²) in [6.45, 7) is 1.44. The Morgan fingerprint density at radius 2 is 2.30 bits per heavy atom. The van der Waals surface area contributed by atoms with Gasteiger partial charge in [0, 0.05) is 20.0 Å². The first-order valence-corrected chi connectivity index (χ1v) is 7.57. The predicted molar refractivity (Wildman–Crippen MR) is 78.5 cm³/mol. The molecule has 0 spiro atoms. The van der Waals surface area contributed by atoms with Gasteiger partial charge in [0.2, 0.25) is 5.91 Å². The third kappa shape index (κ3) is 1.64. The van der Waals surface area contributed by atoms with E-state index in [2.05, 4.69) is 14.5 Å². The Morgan fingerprint density at radius 1 is 1.40 bits per heavy atom. The van der Waals surface area contributed by atoms with E-state index in [-0.39, 0.29) is 5.91 Å². The monoisotopic (exact) mass is 286 g/mol. The van der Waals surface area contributed by atoms with Crippen LogP contribution >= 0.6 is 11.3 Å². The van der Waals surface area contributed by atoms with Crippen molar-refractivity contribution in [3.63, 3.8) is 0 Å². The van der Waals surface area contributed by atoms with E-state index >= 15 is 0 Å². The standard InChI is InChI=1S/C14H14N4OS/c1-17-11(8-18-5-2-3-12(18)19)16-10-7-15-9-4-6-20-14(9)13(10)17/h4,6-7H,2-3,5,8H2,1H3. The van der Waals surface area contributed by atoms with Gasteiger partial charge in [0.1, 0.15) is 11.3 Å². The molecule has 1 fully saturated rings. The van der Waals surface area contributed by atoms with Gasteiger partial charge in [-0.2, -0.15) is 0 Å². The maximum absolute atomic E-state index is 11.8. The van der Waals surface area contributed by atoms with Crippen LogP contribution in [0.15, 0.2) is 17.6 Å². The zero-order valence-electron chi connectivity index (χ0n) is 11.2. The molecule has 1 amide bonds. The summed E-state index contributed by atoms with van der Waals surface area (Å²) < 4.78 is 3.26. The molecule has 3 aromatic rings. The van der Waals surface area contributed by atoms with Crippen LogP contribution < -0.4 is 0 Å². The summed E-state index contributed by atoms with van der Waals surface area (Å²) in [4.78, 5) is 22.7. The van der Waals surface area contributed by atoms with E-state index in [1.165, 1.54) is 0 Å². The number of imidazole rings is 1. The molecule has 4 heterocycles. The Morgan fingerprint density at radius 3 is 3.10 bits per heavy atom. The predicted octanol–water partition coefficient (Wildman–Crippen LogP) is 2.31. The molecule has 0 atom stereocenters. The molecule has 4 rings (SSSR count). The first-order valence-electron chi connectivity index (χ1n) is 6.69. The van der Waals surface area contributed by atoms with E-state index in [1.54, 1.807) is 11.3 Å². The summed E-state index contributed by atoms with van der Waals surface area (Å²) >= 11 is 1.68. The molecule has 0 aliphatic carbocycles. The van der Waals surface area contributed by atoms with Crippen molar-refractivity contribution in [1.29, 1.82) is 0 Å². The number of thiophene rings is 1. The zero-order chi connectivity index (χ0) is 13.7. The Balaban J connectivity index is 1.84. The van der Waals surface area contributed by atoms with Crippen molar-refractivity contribution < 1.29 is 4.79 Å². The lowest BCUT2D eigenvalue weighted by molar-refractivity contribution is -0.128. The van der Waals surface area contributed by atoms with Crippen molar-refractivity contribution in [1.82, 2.24) is 19.4 Å². The van der Waals surface area contributed by atoms with Gasteiger partial charge in [-0.1, -0.05) is 0 Å². The Bertz CT molecular complexity index is 819. The van der Waals surface area contributed by atoms with Crippen LogP contribution in [0.3, 0.4) is 0 Å². The number of aromatic nitrogens is 3. The highest BCUT2D eigenvalue weighted by atomic mass is 32.1. The maximum atomic E-state index is 11.8. The van der Waals surface area contributed by atoms with Crippen molar-refractivity contribution in [2.75, 3.05) is 6.54 Å². The quantitative estimate of drug-likeness (QED) is 0.726. The normalized spacial score (nSPS) is 15.8. The number of carbonyl (C=O) groups is 1.